The Bertz CT molecular complexity index is 292. The van der Waals surface area contributed by atoms with Crippen LogP contribution < -0.4 is 10.6 Å². The van der Waals surface area contributed by atoms with E-state index in [4.69, 9.17) is 5.11 Å². The van der Waals surface area contributed by atoms with Crippen LogP contribution in [0.25, 0.3) is 0 Å². The third kappa shape index (κ3) is 4.11. The van der Waals surface area contributed by atoms with Gasteiger partial charge in [-0.15, -0.1) is 0 Å². The molecule has 6 heteroatoms. The Morgan fingerprint density at radius 2 is 2.24 bits per heavy atom. The van der Waals surface area contributed by atoms with Gasteiger partial charge in [0.1, 0.15) is 5.54 Å². The number of thioether (sulfide) groups is 1. The van der Waals surface area contributed by atoms with Crippen molar-refractivity contribution in [2.75, 3.05) is 11.5 Å². The number of carboxylic acids is 1. The van der Waals surface area contributed by atoms with E-state index in [0.717, 1.165) is 24.3 Å². The molecule has 1 heterocycles. The Morgan fingerprint density at radius 1 is 1.53 bits per heavy atom. The fourth-order valence-electron chi connectivity index (χ4n) is 1.62. The zero-order valence-corrected chi connectivity index (χ0v) is 11.1. The molecule has 0 saturated carbocycles. The van der Waals surface area contributed by atoms with Crippen molar-refractivity contribution in [1.82, 2.24) is 10.6 Å². The summed E-state index contributed by atoms with van der Waals surface area (Å²) < 4.78 is 0. The summed E-state index contributed by atoms with van der Waals surface area (Å²) in [6.07, 6.45) is 2.42. The van der Waals surface area contributed by atoms with Crippen molar-refractivity contribution in [2.45, 2.75) is 44.7 Å². The SMILES string of the molecule is CCC(C)(NC(=O)NC1CCCSC1)C(=O)O. The average Bonchev–Trinajstić information content (AvgIpc) is 2.29. The van der Waals surface area contributed by atoms with Crippen molar-refractivity contribution in [3.8, 4) is 0 Å². The summed E-state index contributed by atoms with van der Waals surface area (Å²) in [6, 6.07) is -0.229. The molecule has 1 rings (SSSR count). The van der Waals surface area contributed by atoms with E-state index >= 15 is 0 Å². The molecule has 0 bridgehead atoms. The van der Waals surface area contributed by atoms with Gasteiger partial charge in [-0.05, 0) is 31.9 Å². The Hall–Kier alpha value is -0.910. The Labute approximate surface area is 106 Å². The lowest BCUT2D eigenvalue weighted by Crippen LogP contribution is -2.56. The molecule has 1 saturated heterocycles. The van der Waals surface area contributed by atoms with Gasteiger partial charge in [-0.2, -0.15) is 11.8 Å². The van der Waals surface area contributed by atoms with Gasteiger partial charge in [0.2, 0.25) is 0 Å². The topological polar surface area (TPSA) is 78.4 Å². The fraction of sp³-hybridized carbons (Fsp3) is 0.818. The molecule has 0 aromatic carbocycles. The van der Waals surface area contributed by atoms with Gasteiger partial charge >= 0.3 is 12.0 Å². The molecule has 3 N–H and O–H groups in total. The van der Waals surface area contributed by atoms with Crippen molar-refractivity contribution in [3.05, 3.63) is 0 Å². The van der Waals surface area contributed by atoms with Gasteiger partial charge in [-0.3, -0.25) is 0 Å². The standard InChI is InChI=1S/C11H20N2O3S/c1-3-11(2,9(14)15)13-10(16)12-8-5-4-6-17-7-8/h8H,3-7H2,1-2H3,(H,14,15)(H2,12,13,16). The molecule has 0 aromatic heterocycles. The third-order valence-corrected chi connectivity index (χ3v) is 4.28. The van der Waals surface area contributed by atoms with E-state index in [-0.39, 0.29) is 12.1 Å². The second-order valence-electron chi connectivity index (χ2n) is 4.50. The maximum Gasteiger partial charge on any atom is 0.329 e. The smallest absolute Gasteiger partial charge is 0.329 e. The minimum Gasteiger partial charge on any atom is -0.480 e. The number of urea groups is 1. The molecule has 98 valence electrons. The van der Waals surface area contributed by atoms with E-state index < -0.39 is 11.5 Å². The Kier molecular flexibility index (Phi) is 5.11. The normalized spacial score (nSPS) is 23.5. The fourth-order valence-corrected chi connectivity index (χ4v) is 2.69. The number of carbonyl (C=O) groups excluding carboxylic acids is 1. The van der Waals surface area contributed by atoms with Crippen molar-refractivity contribution < 1.29 is 14.7 Å². The molecule has 1 aliphatic rings. The number of amides is 2. The molecule has 0 spiro atoms. The van der Waals surface area contributed by atoms with Crippen LogP contribution in [0.5, 0.6) is 0 Å². The van der Waals surface area contributed by atoms with Gasteiger partial charge in [0.05, 0.1) is 0 Å². The van der Waals surface area contributed by atoms with Gasteiger partial charge in [-0.25, -0.2) is 9.59 Å². The van der Waals surface area contributed by atoms with Gasteiger partial charge in [0, 0.05) is 11.8 Å². The highest BCUT2D eigenvalue weighted by Gasteiger charge is 2.33. The van der Waals surface area contributed by atoms with Crippen molar-refractivity contribution in [3.63, 3.8) is 0 Å². The van der Waals surface area contributed by atoms with E-state index in [1.807, 2.05) is 11.8 Å². The van der Waals surface area contributed by atoms with Crippen LogP contribution in [0, 0.1) is 0 Å². The van der Waals surface area contributed by atoms with Crippen LogP contribution >= 0.6 is 11.8 Å². The van der Waals surface area contributed by atoms with E-state index in [9.17, 15) is 9.59 Å². The number of nitrogens with one attached hydrogen (secondary N) is 2. The first-order valence-electron chi connectivity index (χ1n) is 5.88. The zero-order chi connectivity index (χ0) is 12.9. The number of carbonyl (C=O) groups is 2. The highest BCUT2D eigenvalue weighted by molar-refractivity contribution is 7.99. The van der Waals surface area contributed by atoms with Crippen LogP contribution in [0.4, 0.5) is 4.79 Å². The summed E-state index contributed by atoms with van der Waals surface area (Å²) in [4.78, 5) is 22.7. The average molecular weight is 260 g/mol. The minimum absolute atomic E-state index is 0.156. The Morgan fingerprint density at radius 3 is 2.71 bits per heavy atom. The monoisotopic (exact) mass is 260 g/mol. The molecule has 17 heavy (non-hydrogen) atoms. The van der Waals surface area contributed by atoms with Gasteiger partial charge in [0.15, 0.2) is 0 Å². The van der Waals surface area contributed by atoms with E-state index in [1.165, 1.54) is 6.92 Å². The molecular formula is C11H20N2O3S. The quantitative estimate of drug-likeness (QED) is 0.714. The molecule has 0 aliphatic carbocycles. The summed E-state index contributed by atoms with van der Waals surface area (Å²) >= 11 is 1.82. The Balaban J connectivity index is 2.44. The van der Waals surface area contributed by atoms with Crippen molar-refractivity contribution in [2.24, 2.45) is 0 Å². The molecule has 0 radical (unpaired) electrons. The predicted octanol–water partition coefficient (Wildman–Crippen LogP) is 1.43. The van der Waals surface area contributed by atoms with Gasteiger partial charge in [0.25, 0.3) is 0 Å². The first-order valence-corrected chi connectivity index (χ1v) is 7.03. The van der Waals surface area contributed by atoms with Crippen molar-refractivity contribution >= 4 is 23.8 Å². The summed E-state index contributed by atoms with van der Waals surface area (Å²) in [7, 11) is 0. The molecule has 1 fully saturated rings. The molecule has 0 aromatic rings. The lowest BCUT2D eigenvalue weighted by molar-refractivity contribution is -0.143. The molecule has 2 amide bonds. The number of aliphatic carboxylic acids is 1. The molecule has 2 atom stereocenters. The number of carboxylic acid groups (broad SMARTS) is 1. The van der Waals surface area contributed by atoms with Gasteiger partial charge < -0.3 is 15.7 Å². The second-order valence-corrected chi connectivity index (χ2v) is 5.65. The van der Waals surface area contributed by atoms with Crippen LogP contribution in [0.3, 0.4) is 0 Å². The maximum absolute atomic E-state index is 11.7. The largest absolute Gasteiger partial charge is 0.480 e. The van der Waals surface area contributed by atoms with E-state index in [2.05, 4.69) is 10.6 Å². The second kappa shape index (κ2) is 6.14. The van der Waals surface area contributed by atoms with Crippen LogP contribution in [0.15, 0.2) is 0 Å². The first-order chi connectivity index (χ1) is 7.98. The van der Waals surface area contributed by atoms with Gasteiger partial charge in [-0.1, -0.05) is 6.92 Å². The zero-order valence-electron chi connectivity index (χ0n) is 10.3. The van der Waals surface area contributed by atoms with Crippen LogP contribution in [-0.2, 0) is 4.79 Å². The molecule has 2 unspecified atom stereocenters. The maximum atomic E-state index is 11.7. The predicted molar refractivity (Wildman–Crippen MR) is 68.3 cm³/mol. The third-order valence-electron chi connectivity index (χ3n) is 3.06. The lowest BCUT2D eigenvalue weighted by atomic mass is 10.00. The number of hydrogen-bond donors (Lipinski definition) is 3. The molecule has 5 nitrogen and oxygen atoms in total. The highest BCUT2D eigenvalue weighted by Crippen LogP contribution is 2.17. The molecular weight excluding hydrogens is 240 g/mol. The highest BCUT2D eigenvalue weighted by atomic mass is 32.2. The van der Waals surface area contributed by atoms with E-state index in [0.29, 0.717) is 6.42 Å². The van der Waals surface area contributed by atoms with Crippen LogP contribution in [0.2, 0.25) is 0 Å². The lowest BCUT2D eigenvalue weighted by Gasteiger charge is -2.28. The van der Waals surface area contributed by atoms with Crippen molar-refractivity contribution in [1.29, 1.82) is 0 Å². The minimum atomic E-state index is -1.19. The van der Waals surface area contributed by atoms with Crippen LogP contribution in [-0.4, -0.2) is 40.2 Å². The molecule has 1 aliphatic heterocycles. The summed E-state index contributed by atoms with van der Waals surface area (Å²) in [5.41, 5.74) is -1.19. The van der Waals surface area contributed by atoms with Crippen LogP contribution in [0.1, 0.15) is 33.1 Å². The first kappa shape index (κ1) is 14.2. The van der Waals surface area contributed by atoms with E-state index in [1.54, 1.807) is 6.92 Å². The summed E-state index contributed by atoms with van der Waals surface area (Å²) in [5, 5.41) is 14.4. The summed E-state index contributed by atoms with van der Waals surface area (Å²) in [5.74, 6) is 1.04. The number of hydrogen-bond acceptors (Lipinski definition) is 3. The number of rotatable bonds is 4. The summed E-state index contributed by atoms with van der Waals surface area (Å²) in [6.45, 7) is 3.26.